The van der Waals surface area contributed by atoms with E-state index in [4.69, 9.17) is 15.8 Å². The second-order valence-electron chi connectivity index (χ2n) is 9.11. The first-order valence-electron chi connectivity index (χ1n) is 10.6. The summed E-state index contributed by atoms with van der Waals surface area (Å²) in [6, 6.07) is 9.32. The summed E-state index contributed by atoms with van der Waals surface area (Å²) in [6.07, 6.45) is 0.989. The summed E-state index contributed by atoms with van der Waals surface area (Å²) in [4.78, 5) is 34.2. The molecular weight excluding hydrogens is 512 g/mol. The van der Waals surface area contributed by atoms with E-state index in [2.05, 4.69) is 9.97 Å². The van der Waals surface area contributed by atoms with E-state index in [1.165, 1.54) is 23.0 Å². The number of hydrogen-bond acceptors (Lipinski definition) is 7. The van der Waals surface area contributed by atoms with Crippen molar-refractivity contribution < 1.29 is 12.6 Å². The van der Waals surface area contributed by atoms with Crippen molar-refractivity contribution in [3.63, 3.8) is 0 Å². The number of H-pyrrole nitrogens is 1. The largest absolute Gasteiger partial charge is 0.355 e. The van der Waals surface area contributed by atoms with Crippen LogP contribution in [0.25, 0.3) is 22.2 Å². The lowest BCUT2D eigenvalue weighted by Crippen LogP contribution is -2.37. The topological polar surface area (TPSA) is 116 Å². The molecule has 1 N–H and O–H groups in total. The van der Waals surface area contributed by atoms with Crippen LogP contribution in [0.15, 0.2) is 45.3 Å². The van der Waals surface area contributed by atoms with Gasteiger partial charge in [-0.05, 0) is 5.56 Å². The molecular formula is C23H25ClN4O5S2. The highest BCUT2D eigenvalue weighted by Crippen LogP contribution is 2.45. The predicted molar refractivity (Wildman–Crippen MR) is 138 cm³/mol. The number of hydrogen-bond donors (Lipinski definition) is 1. The van der Waals surface area contributed by atoms with Gasteiger partial charge in [0.05, 0.1) is 41.1 Å². The van der Waals surface area contributed by atoms with Crippen molar-refractivity contribution in [1.29, 1.82) is 0 Å². The maximum absolute atomic E-state index is 13.4. The van der Waals surface area contributed by atoms with Gasteiger partial charge in [-0.3, -0.25) is 18.1 Å². The second-order valence-corrected chi connectivity index (χ2v) is 12.0. The Balaban J connectivity index is 2.10. The molecule has 0 aliphatic carbocycles. The zero-order valence-electron chi connectivity index (χ0n) is 19.8. The number of nitrogens with zero attached hydrogens (tertiary/aromatic N) is 3. The van der Waals surface area contributed by atoms with Crippen LogP contribution >= 0.6 is 22.9 Å². The summed E-state index contributed by atoms with van der Waals surface area (Å²) in [5.74, 6) is -0.584. The third-order valence-electron chi connectivity index (χ3n) is 5.95. The minimum Gasteiger partial charge on any atom is -0.355 e. The minimum atomic E-state index is -3.72. The Bertz CT molecular complexity index is 1630. The summed E-state index contributed by atoms with van der Waals surface area (Å²) in [5.41, 5.74) is 0.520. The van der Waals surface area contributed by atoms with E-state index in [9.17, 15) is 18.0 Å². The number of rotatable bonds is 7. The van der Waals surface area contributed by atoms with Crippen molar-refractivity contribution in [1.82, 2.24) is 19.1 Å². The van der Waals surface area contributed by atoms with Crippen molar-refractivity contribution in [2.75, 3.05) is 12.9 Å². The number of thiazole rings is 1. The van der Waals surface area contributed by atoms with E-state index < -0.39 is 32.7 Å². The first-order chi connectivity index (χ1) is 16.3. The lowest BCUT2D eigenvalue weighted by molar-refractivity contribution is 0.167. The lowest BCUT2D eigenvalue weighted by Gasteiger charge is -2.32. The molecule has 35 heavy (non-hydrogen) atoms. The van der Waals surface area contributed by atoms with Crippen molar-refractivity contribution >= 4 is 44.0 Å². The maximum atomic E-state index is 13.4. The van der Waals surface area contributed by atoms with Crippen LogP contribution in [0.2, 0.25) is 5.15 Å². The quantitative estimate of drug-likeness (QED) is 0.361. The molecule has 1 atom stereocenters. The molecule has 0 aliphatic rings. The Morgan fingerprint density at radius 3 is 2.40 bits per heavy atom. The summed E-state index contributed by atoms with van der Waals surface area (Å²) >= 11 is 7.47. The average Bonchev–Trinajstić information content (AvgIpc) is 3.39. The number of aryl methyl sites for hydroxylation is 1. The summed E-state index contributed by atoms with van der Waals surface area (Å²) in [5, 5.41) is 2.91. The summed E-state index contributed by atoms with van der Waals surface area (Å²) in [7, 11) is -0.682. The normalized spacial score (nSPS) is 13.4. The van der Waals surface area contributed by atoms with Gasteiger partial charge in [0.25, 0.3) is 15.7 Å². The van der Waals surface area contributed by atoms with Crippen molar-refractivity contribution in [3.05, 3.63) is 72.4 Å². The molecule has 0 aliphatic heterocycles. The zero-order chi connectivity index (χ0) is 25.7. The molecule has 0 bridgehead atoms. The molecule has 3 heterocycles. The summed E-state index contributed by atoms with van der Waals surface area (Å²) < 4.78 is 31.3. The fraction of sp³-hybridized carbons (Fsp3) is 0.348. The molecule has 0 saturated carbocycles. The van der Waals surface area contributed by atoms with Gasteiger partial charge in [-0.15, -0.1) is 11.3 Å². The Hall–Kier alpha value is -2.73. The molecule has 0 amide bonds. The number of benzene rings is 1. The van der Waals surface area contributed by atoms with Gasteiger partial charge < -0.3 is 4.98 Å². The highest BCUT2D eigenvalue weighted by Gasteiger charge is 2.39. The standard InChI is InChI=1S/C23H25ClN4O5S2/c1-23(2,12-33-35(5,31)32)16(20-25-14(24)11-34-20)18-19-15(21(29)28(4)22(30)27(19)3)17(26-18)13-9-7-6-8-10-13/h6-11,16,26H,12H2,1-5H3. The van der Waals surface area contributed by atoms with E-state index >= 15 is 0 Å². The first kappa shape index (κ1) is 25.4. The van der Waals surface area contributed by atoms with Crippen LogP contribution in [0.1, 0.15) is 30.5 Å². The molecule has 12 heteroatoms. The molecule has 3 aromatic heterocycles. The third kappa shape index (κ3) is 4.73. The SMILES string of the molecule is Cn1c(=O)c2c(-c3ccccc3)[nH]c(C(c3nc(Cl)cs3)C(C)(C)COS(C)(=O)=O)c2n(C)c1=O. The molecule has 0 saturated heterocycles. The number of halogens is 1. The molecule has 0 fully saturated rings. The van der Waals surface area contributed by atoms with Gasteiger partial charge >= 0.3 is 5.69 Å². The molecule has 9 nitrogen and oxygen atoms in total. The molecule has 4 aromatic rings. The van der Waals surface area contributed by atoms with Gasteiger partial charge in [0.2, 0.25) is 0 Å². The Kier molecular flexibility index (Phi) is 6.56. The smallest absolute Gasteiger partial charge is 0.331 e. The van der Waals surface area contributed by atoms with Gasteiger partial charge in [0, 0.05) is 24.9 Å². The second kappa shape index (κ2) is 9.05. The third-order valence-corrected chi connectivity index (χ3v) is 7.73. The Morgan fingerprint density at radius 1 is 1.17 bits per heavy atom. The molecule has 1 aromatic carbocycles. The molecule has 1 unspecified atom stereocenters. The van der Waals surface area contributed by atoms with Gasteiger partial charge in [-0.25, -0.2) is 9.78 Å². The van der Waals surface area contributed by atoms with Crippen molar-refractivity contribution in [3.8, 4) is 11.3 Å². The molecule has 4 rings (SSSR count). The number of nitrogens with one attached hydrogen (secondary N) is 1. The van der Waals surface area contributed by atoms with Crippen LogP contribution in [-0.4, -0.2) is 40.4 Å². The highest BCUT2D eigenvalue weighted by atomic mass is 35.5. The minimum absolute atomic E-state index is 0.159. The van der Waals surface area contributed by atoms with Gasteiger partial charge in [-0.1, -0.05) is 55.8 Å². The van der Waals surface area contributed by atoms with Crippen LogP contribution in [0.3, 0.4) is 0 Å². The van der Waals surface area contributed by atoms with Crippen LogP contribution in [0, 0.1) is 5.41 Å². The number of fused-ring (bicyclic) bond motifs is 1. The Labute approximate surface area is 211 Å². The number of aromatic nitrogens is 4. The van der Waals surface area contributed by atoms with Gasteiger partial charge in [0.15, 0.2) is 0 Å². The predicted octanol–water partition coefficient (Wildman–Crippen LogP) is 3.48. The van der Waals surface area contributed by atoms with E-state index in [-0.39, 0.29) is 6.61 Å². The Morgan fingerprint density at radius 2 is 1.83 bits per heavy atom. The molecule has 0 spiro atoms. The zero-order valence-corrected chi connectivity index (χ0v) is 22.2. The van der Waals surface area contributed by atoms with Gasteiger partial charge in [-0.2, -0.15) is 8.42 Å². The van der Waals surface area contributed by atoms with E-state index in [0.29, 0.717) is 32.5 Å². The summed E-state index contributed by atoms with van der Waals surface area (Å²) in [6.45, 7) is 3.52. The maximum Gasteiger partial charge on any atom is 0.331 e. The van der Waals surface area contributed by atoms with Crippen LogP contribution in [0.5, 0.6) is 0 Å². The highest BCUT2D eigenvalue weighted by molar-refractivity contribution is 7.85. The molecule has 0 radical (unpaired) electrons. The average molecular weight is 537 g/mol. The van der Waals surface area contributed by atoms with Crippen molar-refractivity contribution in [2.45, 2.75) is 19.8 Å². The van der Waals surface area contributed by atoms with E-state index in [1.807, 2.05) is 44.2 Å². The van der Waals surface area contributed by atoms with Crippen molar-refractivity contribution in [2.24, 2.45) is 19.5 Å². The fourth-order valence-corrected chi connectivity index (χ4v) is 6.05. The first-order valence-corrected chi connectivity index (χ1v) is 13.7. The monoisotopic (exact) mass is 536 g/mol. The van der Waals surface area contributed by atoms with Crippen LogP contribution in [0.4, 0.5) is 0 Å². The lowest BCUT2D eigenvalue weighted by atomic mass is 9.77. The fourth-order valence-electron chi connectivity index (χ4n) is 4.26. The molecule has 186 valence electrons. The number of aromatic amines is 1. The van der Waals surface area contributed by atoms with Crippen LogP contribution < -0.4 is 11.2 Å². The van der Waals surface area contributed by atoms with Gasteiger partial charge in [0.1, 0.15) is 10.2 Å². The van der Waals surface area contributed by atoms with E-state index in [1.54, 1.807) is 12.4 Å². The van der Waals surface area contributed by atoms with E-state index in [0.717, 1.165) is 16.4 Å². The van der Waals surface area contributed by atoms with Crippen LogP contribution in [-0.2, 0) is 28.4 Å².